The lowest BCUT2D eigenvalue weighted by atomic mass is 9.77. The van der Waals surface area contributed by atoms with Gasteiger partial charge >= 0.3 is 0 Å². The molecule has 0 unspecified atom stereocenters. The van der Waals surface area contributed by atoms with Gasteiger partial charge in [-0.2, -0.15) is 0 Å². The highest BCUT2D eigenvalue weighted by molar-refractivity contribution is 4.70. The van der Waals surface area contributed by atoms with E-state index in [2.05, 4.69) is 41.5 Å². The molecule has 0 aliphatic rings. The Bertz CT molecular complexity index is 92.6. The zero-order valence-corrected chi connectivity index (χ0v) is 9.72. The van der Waals surface area contributed by atoms with Crippen molar-refractivity contribution in [1.29, 1.82) is 0 Å². The van der Waals surface area contributed by atoms with Crippen LogP contribution in [-0.2, 0) is 0 Å². The molecule has 0 nitrogen and oxygen atoms in total. The molecule has 0 aliphatic carbocycles. The van der Waals surface area contributed by atoms with Crippen LogP contribution in [0.5, 0.6) is 0 Å². The fourth-order valence-corrected chi connectivity index (χ4v) is 1.78. The fourth-order valence-electron chi connectivity index (χ4n) is 1.78. The lowest BCUT2D eigenvalue weighted by molar-refractivity contribution is 0.205. The Balaban J connectivity index is 3.99. The third kappa shape index (κ3) is 3.16. The molecule has 0 rings (SSSR count). The van der Waals surface area contributed by atoms with Gasteiger partial charge in [0, 0.05) is 0 Å². The second kappa shape index (κ2) is 5.61. The van der Waals surface area contributed by atoms with E-state index in [4.69, 9.17) is 0 Å². The predicted molar refractivity (Wildman–Crippen MR) is 57.2 cm³/mol. The molecule has 0 spiro atoms. The molecule has 0 aromatic rings. The number of hydrogen-bond acceptors (Lipinski definition) is 0. The minimum atomic E-state index is 0.880. The largest absolute Gasteiger partial charge is 0.0651 e. The van der Waals surface area contributed by atoms with Gasteiger partial charge in [-0.25, -0.2) is 0 Å². The Morgan fingerprint density at radius 1 is 0.667 bits per heavy atom. The molecule has 4 atom stereocenters. The van der Waals surface area contributed by atoms with Crippen molar-refractivity contribution in [1.82, 2.24) is 0 Å². The Labute approximate surface area is 78.8 Å². The maximum atomic E-state index is 2.41. The number of hydrogen-bond donors (Lipinski definition) is 0. The third-order valence-electron chi connectivity index (χ3n) is 3.91. The van der Waals surface area contributed by atoms with Gasteiger partial charge in [0.15, 0.2) is 0 Å². The lowest BCUT2D eigenvalue weighted by Gasteiger charge is -2.29. The molecule has 0 heteroatoms. The summed E-state index contributed by atoms with van der Waals surface area (Å²) in [7, 11) is 0. The van der Waals surface area contributed by atoms with E-state index in [1.807, 2.05) is 0 Å². The minimum Gasteiger partial charge on any atom is -0.0651 e. The molecular weight excluding hydrogens is 144 g/mol. The van der Waals surface area contributed by atoms with Crippen LogP contribution in [-0.4, -0.2) is 0 Å². The van der Waals surface area contributed by atoms with Crippen LogP contribution in [0.3, 0.4) is 0 Å². The lowest BCUT2D eigenvalue weighted by Crippen LogP contribution is -2.21. The van der Waals surface area contributed by atoms with E-state index >= 15 is 0 Å². The smallest absolute Gasteiger partial charge is 0.0389 e. The van der Waals surface area contributed by atoms with E-state index in [1.54, 1.807) is 0 Å². The van der Waals surface area contributed by atoms with Gasteiger partial charge in [-0.15, -0.1) is 0 Å². The average Bonchev–Trinajstić information content (AvgIpc) is 2.12. The van der Waals surface area contributed by atoms with Crippen LogP contribution in [0.2, 0.25) is 0 Å². The molecule has 0 bridgehead atoms. The molecule has 0 saturated heterocycles. The van der Waals surface area contributed by atoms with E-state index in [0.717, 1.165) is 23.7 Å². The Kier molecular flexibility index (Phi) is 5.61. The third-order valence-corrected chi connectivity index (χ3v) is 3.91. The van der Waals surface area contributed by atoms with E-state index in [1.165, 1.54) is 12.8 Å². The van der Waals surface area contributed by atoms with Crippen molar-refractivity contribution in [3.63, 3.8) is 0 Å². The van der Waals surface area contributed by atoms with Crippen molar-refractivity contribution in [2.24, 2.45) is 23.7 Å². The van der Waals surface area contributed by atoms with Gasteiger partial charge in [-0.3, -0.25) is 0 Å². The van der Waals surface area contributed by atoms with Gasteiger partial charge in [0.2, 0.25) is 0 Å². The average molecular weight is 170 g/mol. The van der Waals surface area contributed by atoms with Crippen molar-refractivity contribution in [3.05, 3.63) is 0 Å². The molecular formula is C12H26. The molecule has 0 heterocycles. The van der Waals surface area contributed by atoms with Gasteiger partial charge in [-0.05, 0) is 23.7 Å². The molecule has 0 aliphatic heterocycles. The van der Waals surface area contributed by atoms with Gasteiger partial charge in [0.1, 0.15) is 0 Å². The Morgan fingerprint density at radius 2 is 0.917 bits per heavy atom. The second-order valence-electron chi connectivity index (χ2n) is 4.49. The molecule has 12 heavy (non-hydrogen) atoms. The molecule has 0 saturated carbocycles. The summed E-state index contributed by atoms with van der Waals surface area (Å²) in [5.74, 6) is 3.53. The summed E-state index contributed by atoms with van der Waals surface area (Å²) in [6, 6.07) is 0. The summed E-state index contributed by atoms with van der Waals surface area (Å²) in [4.78, 5) is 0. The highest BCUT2D eigenvalue weighted by atomic mass is 14.3. The molecule has 0 amide bonds. The highest BCUT2D eigenvalue weighted by Gasteiger charge is 2.21. The van der Waals surface area contributed by atoms with Crippen LogP contribution in [0.4, 0.5) is 0 Å². The van der Waals surface area contributed by atoms with Gasteiger partial charge < -0.3 is 0 Å². The first-order valence-corrected chi connectivity index (χ1v) is 5.54. The number of rotatable bonds is 5. The van der Waals surface area contributed by atoms with Gasteiger partial charge in [0.25, 0.3) is 0 Å². The van der Waals surface area contributed by atoms with Crippen LogP contribution in [0.15, 0.2) is 0 Å². The molecule has 0 radical (unpaired) electrons. The molecule has 0 N–H and O–H groups in total. The second-order valence-corrected chi connectivity index (χ2v) is 4.49. The maximum absolute atomic E-state index is 2.41. The van der Waals surface area contributed by atoms with Gasteiger partial charge in [-0.1, -0.05) is 54.4 Å². The normalized spacial score (nSPS) is 21.5. The van der Waals surface area contributed by atoms with Crippen molar-refractivity contribution in [2.75, 3.05) is 0 Å². The Morgan fingerprint density at radius 3 is 1.08 bits per heavy atom. The standard InChI is InChI=1S/C12H26/c1-7-9(3)11(5)12(6)10(4)8-2/h9-12H,7-8H2,1-6H3/t9-,10+,11-,12+. The fraction of sp³-hybridized carbons (Fsp3) is 1.00. The van der Waals surface area contributed by atoms with Crippen molar-refractivity contribution in [2.45, 2.75) is 54.4 Å². The van der Waals surface area contributed by atoms with E-state index in [9.17, 15) is 0 Å². The molecule has 0 aromatic heterocycles. The van der Waals surface area contributed by atoms with Crippen LogP contribution in [0.25, 0.3) is 0 Å². The van der Waals surface area contributed by atoms with Crippen molar-refractivity contribution >= 4 is 0 Å². The zero-order chi connectivity index (χ0) is 9.72. The summed E-state index contributed by atoms with van der Waals surface area (Å²) in [6.07, 6.45) is 2.64. The van der Waals surface area contributed by atoms with E-state index < -0.39 is 0 Å². The summed E-state index contributed by atoms with van der Waals surface area (Å²) in [5.41, 5.74) is 0. The zero-order valence-electron chi connectivity index (χ0n) is 9.72. The molecule has 0 aromatic carbocycles. The first kappa shape index (κ1) is 12.0. The van der Waals surface area contributed by atoms with Gasteiger partial charge in [0.05, 0.1) is 0 Å². The van der Waals surface area contributed by atoms with Crippen LogP contribution >= 0.6 is 0 Å². The molecule has 0 fully saturated rings. The summed E-state index contributed by atoms with van der Waals surface area (Å²) >= 11 is 0. The van der Waals surface area contributed by atoms with Crippen molar-refractivity contribution < 1.29 is 0 Å². The first-order valence-electron chi connectivity index (χ1n) is 5.54. The highest BCUT2D eigenvalue weighted by Crippen LogP contribution is 2.29. The van der Waals surface area contributed by atoms with E-state index in [-0.39, 0.29) is 0 Å². The summed E-state index contributed by atoms with van der Waals surface area (Å²) in [5, 5.41) is 0. The predicted octanol–water partition coefficient (Wildman–Crippen LogP) is 4.35. The maximum Gasteiger partial charge on any atom is -0.0389 e. The summed E-state index contributed by atoms with van der Waals surface area (Å²) < 4.78 is 0. The first-order chi connectivity index (χ1) is 5.54. The van der Waals surface area contributed by atoms with Crippen LogP contribution < -0.4 is 0 Å². The SMILES string of the molecule is CC[C@@H](C)[C@@H](C)[C@@H](C)[C@@H](C)CC. The summed E-state index contributed by atoms with van der Waals surface area (Å²) in [6.45, 7) is 14.2. The van der Waals surface area contributed by atoms with E-state index in [0.29, 0.717) is 0 Å². The quantitative estimate of drug-likeness (QED) is 0.575. The Hall–Kier alpha value is 0. The minimum absolute atomic E-state index is 0.880. The monoisotopic (exact) mass is 170 g/mol. The topological polar surface area (TPSA) is 0 Å². The van der Waals surface area contributed by atoms with Crippen LogP contribution in [0, 0.1) is 23.7 Å². The van der Waals surface area contributed by atoms with Crippen molar-refractivity contribution in [3.8, 4) is 0 Å². The van der Waals surface area contributed by atoms with Crippen LogP contribution in [0.1, 0.15) is 54.4 Å². The molecule has 74 valence electrons.